The SMILES string of the molecule is COc1cccc(SCCNCC2CCCCC2)c1. The molecule has 0 radical (unpaired) electrons. The quantitative estimate of drug-likeness (QED) is 0.603. The van der Waals surface area contributed by atoms with Gasteiger partial charge in [0.1, 0.15) is 5.75 Å². The van der Waals surface area contributed by atoms with Crippen molar-refractivity contribution in [3.05, 3.63) is 24.3 Å². The molecule has 19 heavy (non-hydrogen) atoms. The van der Waals surface area contributed by atoms with Crippen LogP contribution in [0.25, 0.3) is 0 Å². The van der Waals surface area contributed by atoms with Crippen LogP contribution >= 0.6 is 11.8 Å². The highest BCUT2D eigenvalue weighted by molar-refractivity contribution is 7.99. The fraction of sp³-hybridized carbons (Fsp3) is 0.625. The molecule has 2 nitrogen and oxygen atoms in total. The smallest absolute Gasteiger partial charge is 0.119 e. The number of hydrogen-bond donors (Lipinski definition) is 1. The molecular weight excluding hydrogens is 254 g/mol. The molecule has 0 unspecified atom stereocenters. The van der Waals surface area contributed by atoms with Crippen LogP contribution in [0.2, 0.25) is 0 Å². The second-order valence-corrected chi connectivity index (χ2v) is 6.40. The molecule has 0 aromatic heterocycles. The number of hydrogen-bond acceptors (Lipinski definition) is 3. The number of methoxy groups -OCH3 is 1. The zero-order valence-electron chi connectivity index (χ0n) is 11.9. The first-order valence-corrected chi connectivity index (χ1v) is 8.34. The van der Waals surface area contributed by atoms with Gasteiger partial charge < -0.3 is 10.1 Å². The van der Waals surface area contributed by atoms with Crippen molar-refractivity contribution in [3.63, 3.8) is 0 Å². The minimum atomic E-state index is 0.926. The van der Waals surface area contributed by atoms with Crippen molar-refractivity contribution in [2.45, 2.75) is 37.0 Å². The Labute approximate surface area is 121 Å². The van der Waals surface area contributed by atoms with Crippen molar-refractivity contribution in [3.8, 4) is 5.75 Å². The van der Waals surface area contributed by atoms with Gasteiger partial charge in [0.15, 0.2) is 0 Å². The molecule has 0 bridgehead atoms. The van der Waals surface area contributed by atoms with Crippen LogP contribution in [0.5, 0.6) is 5.75 Å². The number of ether oxygens (including phenoxy) is 1. The van der Waals surface area contributed by atoms with E-state index in [1.807, 2.05) is 17.8 Å². The molecule has 1 aliphatic rings. The number of benzene rings is 1. The summed E-state index contributed by atoms with van der Waals surface area (Å²) in [7, 11) is 1.72. The van der Waals surface area contributed by atoms with Gasteiger partial charge in [-0.2, -0.15) is 0 Å². The van der Waals surface area contributed by atoms with E-state index in [2.05, 4.69) is 23.5 Å². The summed E-state index contributed by atoms with van der Waals surface area (Å²) in [5.41, 5.74) is 0. The van der Waals surface area contributed by atoms with Gasteiger partial charge in [-0.15, -0.1) is 11.8 Å². The van der Waals surface area contributed by atoms with Crippen LogP contribution < -0.4 is 10.1 Å². The number of thioether (sulfide) groups is 1. The third kappa shape index (κ3) is 5.45. The first-order chi connectivity index (χ1) is 9.38. The molecule has 0 saturated heterocycles. The minimum absolute atomic E-state index is 0.926. The maximum atomic E-state index is 5.23. The van der Waals surface area contributed by atoms with E-state index >= 15 is 0 Å². The Bertz CT molecular complexity index is 364. The van der Waals surface area contributed by atoms with Gasteiger partial charge in [-0.3, -0.25) is 0 Å². The zero-order valence-corrected chi connectivity index (χ0v) is 12.7. The molecule has 1 aromatic rings. The lowest BCUT2D eigenvalue weighted by Crippen LogP contribution is -2.26. The Kier molecular flexibility index (Phi) is 6.58. The zero-order chi connectivity index (χ0) is 13.3. The fourth-order valence-corrected chi connectivity index (χ4v) is 3.49. The molecule has 1 saturated carbocycles. The molecule has 2 rings (SSSR count). The average Bonchev–Trinajstić information content (AvgIpc) is 2.48. The Balaban J connectivity index is 1.58. The normalized spacial score (nSPS) is 16.5. The van der Waals surface area contributed by atoms with E-state index in [0.29, 0.717) is 0 Å². The van der Waals surface area contributed by atoms with Crippen molar-refractivity contribution in [1.82, 2.24) is 5.32 Å². The largest absolute Gasteiger partial charge is 0.497 e. The van der Waals surface area contributed by atoms with Crippen LogP contribution in [-0.2, 0) is 0 Å². The molecule has 1 aliphatic carbocycles. The van der Waals surface area contributed by atoms with Crippen molar-refractivity contribution < 1.29 is 4.74 Å². The molecule has 0 aliphatic heterocycles. The van der Waals surface area contributed by atoms with Gasteiger partial charge in [0.05, 0.1) is 7.11 Å². The monoisotopic (exact) mass is 279 g/mol. The van der Waals surface area contributed by atoms with Gasteiger partial charge in [0.2, 0.25) is 0 Å². The summed E-state index contributed by atoms with van der Waals surface area (Å²) in [5, 5.41) is 3.60. The highest BCUT2D eigenvalue weighted by Gasteiger charge is 2.12. The van der Waals surface area contributed by atoms with E-state index in [4.69, 9.17) is 4.74 Å². The van der Waals surface area contributed by atoms with E-state index < -0.39 is 0 Å². The first kappa shape index (κ1) is 14.7. The van der Waals surface area contributed by atoms with Gasteiger partial charge in [0, 0.05) is 17.2 Å². The molecular formula is C16H25NOS. The maximum Gasteiger partial charge on any atom is 0.119 e. The topological polar surface area (TPSA) is 21.3 Å². The van der Waals surface area contributed by atoms with Crippen molar-refractivity contribution >= 4 is 11.8 Å². The minimum Gasteiger partial charge on any atom is -0.497 e. The van der Waals surface area contributed by atoms with Gasteiger partial charge >= 0.3 is 0 Å². The van der Waals surface area contributed by atoms with E-state index in [-0.39, 0.29) is 0 Å². The molecule has 1 N–H and O–H groups in total. The number of nitrogens with one attached hydrogen (secondary N) is 1. The average molecular weight is 279 g/mol. The molecule has 0 spiro atoms. The molecule has 0 amide bonds. The highest BCUT2D eigenvalue weighted by Crippen LogP contribution is 2.23. The Morgan fingerprint density at radius 1 is 1.26 bits per heavy atom. The van der Waals surface area contributed by atoms with Crippen LogP contribution in [0, 0.1) is 5.92 Å². The van der Waals surface area contributed by atoms with Crippen molar-refractivity contribution in [2.75, 3.05) is 26.0 Å². The van der Waals surface area contributed by atoms with Gasteiger partial charge in [-0.25, -0.2) is 0 Å². The van der Waals surface area contributed by atoms with Gasteiger partial charge in [-0.05, 0) is 43.5 Å². The summed E-state index contributed by atoms with van der Waals surface area (Å²) in [4.78, 5) is 1.29. The summed E-state index contributed by atoms with van der Waals surface area (Å²) in [6.45, 7) is 2.30. The van der Waals surface area contributed by atoms with E-state index in [0.717, 1.165) is 24.0 Å². The molecule has 1 aromatic carbocycles. The van der Waals surface area contributed by atoms with E-state index in [9.17, 15) is 0 Å². The van der Waals surface area contributed by atoms with Crippen LogP contribution in [0.3, 0.4) is 0 Å². The second-order valence-electron chi connectivity index (χ2n) is 5.24. The lowest BCUT2D eigenvalue weighted by molar-refractivity contribution is 0.345. The van der Waals surface area contributed by atoms with E-state index in [1.165, 1.54) is 43.5 Å². The molecule has 3 heteroatoms. The lowest BCUT2D eigenvalue weighted by atomic mass is 9.89. The summed E-state index contributed by atoms with van der Waals surface area (Å²) in [5.74, 6) is 3.00. The van der Waals surface area contributed by atoms with Crippen molar-refractivity contribution in [2.24, 2.45) is 5.92 Å². The Morgan fingerprint density at radius 3 is 2.89 bits per heavy atom. The van der Waals surface area contributed by atoms with Crippen LogP contribution in [0.1, 0.15) is 32.1 Å². The first-order valence-electron chi connectivity index (χ1n) is 7.36. The molecule has 0 heterocycles. The Hall–Kier alpha value is -0.670. The van der Waals surface area contributed by atoms with E-state index in [1.54, 1.807) is 7.11 Å². The summed E-state index contributed by atoms with van der Waals surface area (Å²) in [6, 6.07) is 8.29. The predicted octanol–water partition coefficient (Wildman–Crippen LogP) is 3.96. The third-order valence-electron chi connectivity index (χ3n) is 3.75. The van der Waals surface area contributed by atoms with Crippen LogP contribution in [-0.4, -0.2) is 26.0 Å². The number of rotatable bonds is 7. The maximum absolute atomic E-state index is 5.23. The standard InChI is InChI=1S/C16H25NOS/c1-18-15-8-5-9-16(12-15)19-11-10-17-13-14-6-3-2-4-7-14/h5,8-9,12,14,17H,2-4,6-7,10-11,13H2,1H3. The summed E-state index contributed by atoms with van der Waals surface area (Å²) in [6.07, 6.45) is 7.17. The highest BCUT2D eigenvalue weighted by atomic mass is 32.2. The summed E-state index contributed by atoms with van der Waals surface area (Å²) < 4.78 is 5.23. The van der Waals surface area contributed by atoms with Crippen LogP contribution in [0.15, 0.2) is 29.2 Å². The predicted molar refractivity (Wildman–Crippen MR) is 83.2 cm³/mol. The molecule has 0 atom stereocenters. The Morgan fingerprint density at radius 2 is 2.11 bits per heavy atom. The van der Waals surface area contributed by atoms with Gasteiger partial charge in [-0.1, -0.05) is 25.3 Å². The molecule has 106 valence electrons. The molecule has 1 fully saturated rings. The summed E-state index contributed by atoms with van der Waals surface area (Å²) >= 11 is 1.89. The van der Waals surface area contributed by atoms with Gasteiger partial charge in [0.25, 0.3) is 0 Å². The second kappa shape index (κ2) is 8.49. The van der Waals surface area contributed by atoms with Crippen LogP contribution in [0.4, 0.5) is 0 Å². The third-order valence-corrected chi connectivity index (χ3v) is 4.74. The lowest BCUT2D eigenvalue weighted by Gasteiger charge is -2.21. The fourth-order valence-electron chi connectivity index (χ4n) is 2.63. The van der Waals surface area contributed by atoms with Crippen molar-refractivity contribution in [1.29, 1.82) is 0 Å².